The first kappa shape index (κ1) is 31.8. The fourth-order valence-electron chi connectivity index (χ4n) is 11.5. The number of carbonyl (C=O) groups is 2. The number of aromatic nitrogens is 1. The largest absolute Gasteiger partial charge is 0.496 e. The second kappa shape index (κ2) is 11.2. The third kappa shape index (κ3) is 4.59. The topological polar surface area (TPSA) is 106 Å². The van der Waals surface area contributed by atoms with Gasteiger partial charge in [-0.2, -0.15) is 0 Å². The lowest BCUT2D eigenvalue weighted by Gasteiger charge is -2.33. The summed E-state index contributed by atoms with van der Waals surface area (Å²) in [6.07, 6.45) is 16.6. The smallest absolute Gasteiger partial charge is 0.265 e. The van der Waals surface area contributed by atoms with Crippen molar-refractivity contribution < 1.29 is 22.7 Å². The summed E-state index contributed by atoms with van der Waals surface area (Å²) in [6.45, 7) is 5.69. The van der Waals surface area contributed by atoms with Gasteiger partial charge in [0.15, 0.2) is 0 Å². The Balaban J connectivity index is 1.19. The van der Waals surface area contributed by atoms with Crippen molar-refractivity contribution in [3.63, 3.8) is 0 Å². The van der Waals surface area contributed by atoms with Crippen molar-refractivity contribution in [1.82, 2.24) is 14.6 Å². The van der Waals surface area contributed by atoms with Gasteiger partial charge in [0.25, 0.3) is 5.91 Å². The summed E-state index contributed by atoms with van der Waals surface area (Å²) in [5, 5.41) is 4.03. The van der Waals surface area contributed by atoms with Gasteiger partial charge < -0.3 is 14.6 Å². The Bertz CT molecular complexity index is 1960. The van der Waals surface area contributed by atoms with Crippen LogP contribution in [0.15, 0.2) is 52.6 Å². The second-order valence-electron chi connectivity index (χ2n) is 16.6. The summed E-state index contributed by atoms with van der Waals surface area (Å²) in [4.78, 5) is 28.7. The van der Waals surface area contributed by atoms with Gasteiger partial charge in [-0.15, -0.1) is 0 Å². The average molecular weight is 684 g/mol. The quantitative estimate of drug-likeness (QED) is 0.342. The molecule has 2 aromatic rings. The van der Waals surface area contributed by atoms with Crippen LogP contribution in [0.4, 0.5) is 0 Å². The molecule has 0 bridgehead atoms. The van der Waals surface area contributed by atoms with Crippen LogP contribution >= 0.6 is 0 Å². The third-order valence-corrected chi connectivity index (χ3v) is 15.7. The van der Waals surface area contributed by atoms with Gasteiger partial charge in [0.05, 0.1) is 23.4 Å². The third-order valence-electron chi connectivity index (χ3n) is 14.0. The van der Waals surface area contributed by atoms with E-state index in [9.17, 15) is 13.2 Å². The molecule has 1 amide bonds. The van der Waals surface area contributed by atoms with Gasteiger partial charge in [0, 0.05) is 48.5 Å². The van der Waals surface area contributed by atoms with Gasteiger partial charge >= 0.3 is 0 Å². The zero-order valence-electron chi connectivity index (χ0n) is 29.1. The van der Waals surface area contributed by atoms with Gasteiger partial charge in [-0.25, -0.2) is 13.1 Å². The molecule has 0 radical (unpaired) electrons. The van der Waals surface area contributed by atoms with Crippen LogP contribution in [-0.2, 0) is 26.2 Å². The maximum atomic E-state index is 15.0. The number of methoxy groups -OCH3 is 1. The van der Waals surface area contributed by atoms with Crippen molar-refractivity contribution in [2.45, 2.75) is 108 Å². The molecule has 9 heteroatoms. The van der Waals surface area contributed by atoms with E-state index in [4.69, 9.17) is 4.74 Å². The normalized spacial score (nSPS) is 32.1. The van der Waals surface area contributed by atoms with E-state index in [2.05, 4.69) is 45.0 Å². The van der Waals surface area contributed by atoms with E-state index in [1.54, 1.807) is 21.0 Å². The molecular formula is C40H49N3O5S. The molecule has 1 saturated heterocycles. The predicted molar refractivity (Wildman–Crippen MR) is 190 cm³/mol. The van der Waals surface area contributed by atoms with Gasteiger partial charge in [-0.3, -0.25) is 9.59 Å². The Kier molecular flexibility index (Phi) is 7.24. The van der Waals surface area contributed by atoms with Gasteiger partial charge in [0.2, 0.25) is 10.0 Å². The number of fused-ring (bicyclic) bond motifs is 6. The van der Waals surface area contributed by atoms with E-state index in [-0.39, 0.29) is 28.6 Å². The molecule has 4 atom stereocenters. The fourth-order valence-corrected chi connectivity index (χ4v) is 12.1. The summed E-state index contributed by atoms with van der Waals surface area (Å²) in [6, 6.07) is 6.62. The molecule has 3 saturated carbocycles. The number of amides is 1. The first-order valence-electron chi connectivity index (χ1n) is 18.7. The van der Waals surface area contributed by atoms with Crippen LogP contribution in [0.25, 0.3) is 10.9 Å². The van der Waals surface area contributed by atoms with Crippen LogP contribution < -0.4 is 14.8 Å². The number of carbonyl (C=O) groups excluding carboxylic acids is 2. The fraction of sp³-hybridized carbons (Fsp3) is 0.600. The average Bonchev–Trinajstić information content (AvgIpc) is 3.26. The van der Waals surface area contributed by atoms with Crippen LogP contribution in [0.1, 0.15) is 108 Å². The Morgan fingerprint density at radius 1 is 1.04 bits per heavy atom. The number of benzene rings is 1. The van der Waals surface area contributed by atoms with Gasteiger partial charge in [-0.1, -0.05) is 43.9 Å². The maximum absolute atomic E-state index is 15.0. The Morgan fingerprint density at radius 3 is 2.47 bits per heavy atom. The number of hydrogen-bond acceptors (Lipinski definition) is 6. The summed E-state index contributed by atoms with van der Waals surface area (Å²) >= 11 is 0. The number of ether oxygens (including phenoxy) is 1. The Morgan fingerprint density at radius 2 is 1.78 bits per heavy atom. The molecule has 4 fully saturated rings. The van der Waals surface area contributed by atoms with Crippen LogP contribution in [0.3, 0.4) is 0 Å². The lowest BCUT2D eigenvalue weighted by atomic mass is 9.71. The van der Waals surface area contributed by atoms with Crippen molar-refractivity contribution in [1.29, 1.82) is 0 Å². The molecule has 9 rings (SSSR count). The van der Waals surface area contributed by atoms with Crippen molar-refractivity contribution in [2.24, 2.45) is 22.7 Å². The summed E-state index contributed by atoms with van der Waals surface area (Å²) < 4.78 is 36.4. The molecule has 8 nitrogen and oxygen atoms in total. The molecule has 3 heterocycles. The minimum absolute atomic E-state index is 0.0455. The predicted octanol–water partition coefficient (Wildman–Crippen LogP) is 6.57. The van der Waals surface area contributed by atoms with Gasteiger partial charge in [0.1, 0.15) is 11.5 Å². The molecule has 2 N–H and O–H groups in total. The number of Topliss-reactive ketones (excluding diaryl/α,β-unsaturated/α-hetero) is 1. The summed E-state index contributed by atoms with van der Waals surface area (Å²) in [5.41, 5.74) is 7.28. The van der Waals surface area contributed by atoms with Crippen molar-refractivity contribution >= 4 is 32.6 Å². The monoisotopic (exact) mass is 683 g/mol. The summed E-state index contributed by atoms with van der Waals surface area (Å²) in [5.74, 6) is 0.661. The molecular weight excluding hydrogens is 635 g/mol. The van der Waals surface area contributed by atoms with Crippen molar-refractivity contribution in [2.75, 3.05) is 20.2 Å². The van der Waals surface area contributed by atoms with E-state index in [1.807, 2.05) is 0 Å². The lowest BCUT2D eigenvalue weighted by Crippen LogP contribution is -2.35. The lowest BCUT2D eigenvalue weighted by molar-refractivity contribution is -0.127. The highest BCUT2D eigenvalue weighted by atomic mass is 32.2. The Hall–Kier alpha value is -3.17. The standard InChI is InChI=1S/C40H49N3O5S/c1-23(2)49(46,47)42-38(45)35-30-20-43-31(17-29-32(48-3)14-13-26(36(29)43)24-9-5-4-6-10-24)33-27(34(30)35)11-7-12-28(33)37(44)25-18-39-15-8-16-40(39,19-25)22-41-21-39/h7,11,13-14,17,23-25,28,33,41H,4-6,8-10,12,15-16,18-22H2,1-3H3,(H,42,45)/t25?,28-,33-,39?,40?/m1/s1. The van der Waals surface area contributed by atoms with Crippen LogP contribution in [0.5, 0.6) is 5.75 Å². The van der Waals surface area contributed by atoms with E-state index in [1.165, 1.54) is 44.1 Å². The van der Waals surface area contributed by atoms with E-state index < -0.39 is 21.2 Å². The molecule has 49 heavy (non-hydrogen) atoms. The maximum Gasteiger partial charge on any atom is 0.265 e. The van der Waals surface area contributed by atoms with Crippen molar-refractivity contribution in [3.8, 4) is 5.75 Å². The van der Waals surface area contributed by atoms with E-state index in [0.717, 1.165) is 77.8 Å². The molecule has 260 valence electrons. The van der Waals surface area contributed by atoms with Gasteiger partial charge in [-0.05, 0) is 110 Å². The van der Waals surface area contributed by atoms with Crippen LogP contribution in [-0.4, -0.2) is 50.1 Å². The molecule has 1 aromatic heterocycles. The highest BCUT2D eigenvalue weighted by Crippen LogP contribution is 2.67. The molecule has 1 aromatic carbocycles. The molecule has 2 unspecified atom stereocenters. The number of ketones is 1. The van der Waals surface area contributed by atoms with Crippen LogP contribution in [0.2, 0.25) is 0 Å². The molecule has 7 aliphatic rings. The van der Waals surface area contributed by atoms with E-state index in [0.29, 0.717) is 30.2 Å². The minimum atomic E-state index is -3.81. The number of rotatable bonds is 7. The molecule has 2 aliphatic heterocycles. The van der Waals surface area contributed by atoms with E-state index >= 15 is 4.79 Å². The minimum Gasteiger partial charge on any atom is -0.496 e. The number of sulfonamides is 1. The van der Waals surface area contributed by atoms with Crippen LogP contribution in [0, 0.1) is 22.7 Å². The number of hydrogen-bond donors (Lipinski definition) is 2. The molecule has 5 aliphatic carbocycles. The zero-order chi connectivity index (χ0) is 33.9. The SMILES string of the molecule is COc1ccc(C2CCCCC2)c2c1cc1n2CC2=C(C(=O)NS(=O)(=O)C(C)C)C2=C2C=CC[C@@H](C(=O)C3CC45CCCC4(CNC5)C3)[C@@H]21. The Labute approximate surface area is 289 Å². The number of nitrogens with zero attached hydrogens (tertiary/aromatic N) is 1. The number of nitrogens with one attached hydrogen (secondary N) is 2. The zero-order valence-corrected chi connectivity index (χ0v) is 29.9. The van der Waals surface area contributed by atoms with Crippen molar-refractivity contribution in [3.05, 3.63) is 63.9 Å². The first-order chi connectivity index (χ1) is 23.6. The highest BCUT2D eigenvalue weighted by Gasteiger charge is 2.64. The second-order valence-corrected chi connectivity index (χ2v) is 18.8. The summed E-state index contributed by atoms with van der Waals surface area (Å²) in [7, 11) is -2.08. The molecule has 0 spiro atoms. The first-order valence-corrected chi connectivity index (χ1v) is 20.3. The highest BCUT2D eigenvalue weighted by molar-refractivity contribution is 7.90. The number of allylic oxidation sites excluding steroid dienone is 4.